The molecule has 19 heavy (non-hydrogen) atoms. The molecular weight excluding hydrogens is 287 g/mol. The van der Waals surface area contributed by atoms with Crippen LogP contribution in [-0.2, 0) is 4.74 Å². The highest BCUT2D eigenvalue weighted by molar-refractivity contribution is 6.42. The lowest BCUT2D eigenvalue weighted by Crippen LogP contribution is -2.19. The number of aliphatic hydroxyl groups excluding tert-OH is 1. The molecule has 0 saturated carbocycles. The molecule has 102 valence electrons. The maximum Gasteiger partial charge on any atom is 0.138 e. The van der Waals surface area contributed by atoms with E-state index < -0.39 is 6.10 Å². The van der Waals surface area contributed by atoms with Crippen molar-refractivity contribution in [3.05, 3.63) is 28.5 Å². The van der Waals surface area contributed by atoms with Crippen LogP contribution in [0.1, 0.15) is 26.0 Å². The molecule has 6 heteroatoms. The summed E-state index contributed by atoms with van der Waals surface area (Å²) >= 11 is 12.0. The van der Waals surface area contributed by atoms with Gasteiger partial charge in [0.05, 0.1) is 39.6 Å². The number of benzene rings is 1. The Morgan fingerprint density at radius 2 is 2.16 bits per heavy atom. The second-order valence-corrected chi connectivity index (χ2v) is 5.56. The van der Waals surface area contributed by atoms with Crippen molar-refractivity contribution in [3.63, 3.8) is 0 Å². The summed E-state index contributed by atoms with van der Waals surface area (Å²) in [6, 6.07) is 3.51. The molecule has 1 aromatic carbocycles. The molecule has 2 aromatic rings. The highest BCUT2D eigenvalue weighted by Crippen LogP contribution is 2.34. The fourth-order valence-corrected chi connectivity index (χ4v) is 2.82. The van der Waals surface area contributed by atoms with Crippen molar-refractivity contribution in [2.45, 2.75) is 38.2 Å². The SMILES string of the molecule is CC[C@H]1O[C@@H](n2cnc3cc(Cl)c(Cl)cc32)C[C@@H]1O. The molecule has 1 saturated heterocycles. The Morgan fingerprint density at radius 3 is 2.84 bits per heavy atom. The molecule has 3 rings (SSSR count). The second kappa shape index (κ2) is 4.94. The fraction of sp³-hybridized carbons (Fsp3) is 0.462. The van der Waals surface area contributed by atoms with Gasteiger partial charge < -0.3 is 14.4 Å². The van der Waals surface area contributed by atoms with E-state index in [2.05, 4.69) is 4.98 Å². The Kier molecular flexibility index (Phi) is 3.43. The molecule has 1 aliphatic heterocycles. The van der Waals surface area contributed by atoms with Crippen LogP contribution < -0.4 is 0 Å². The maximum atomic E-state index is 9.92. The fourth-order valence-electron chi connectivity index (χ4n) is 2.51. The largest absolute Gasteiger partial charge is 0.390 e. The quantitative estimate of drug-likeness (QED) is 0.924. The Labute approximate surface area is 120 Å². The normalized spacial score (nSPS) is 27.3. The number of halogens is 2. The van der Waals surface area contributed by atoms with Crippen LogP contribution in [0.3, 0.4) is 0 Å². The Balaban J connectivity index is 2.00. The van der Waals surface area contributed by atoms with Crippen LogP contribution in [0, 0.1) is 0 Å². The number of nitrogens with zero attached hydrogens (tertiary/aromatic N) is 2. The summed E-state index contributed by atoms with van der Waals surface area (Å²) in [5, 5.41) is 10.9. The van der Waals surface area contributed by atoms with Gasteiger partial charge in [0.2, 0.25) is 0 Å². The third kappa shape index (κ3) is 2.23. The zero-order valence-corrected chi connectivity index (χ0v) is 11.9. The molecule has 0 amide bonds. The second-order valence-electron chi connectivity index (χ2n) is 4.75. The zero-order chi connectivity index (χ0) is 13.6. The number of hydrogen-bond acceptors (Lipinski definition) is 3. The predicted octanol–water partition coefficient (Wildman–Crippen LogP) is 3.40. The van der Waals surface area contributed by atoms with Gasteiger partial charge in [0, 0.05) is 6.42 Å². The molecule has 1 N–H and O–H groups in total. The standard InChI is InChI=1S/C13H14Cl2N2O2/c1-2-12-11(18)5-13(19-12)17-6-16-9-3-7(14)8(15)4-10(9)17/h3-4,6,11-13,18H,2,5H2,1H3/t11-,12+,13+/m0/s1. The third-order valence-corrected chi connectivity index (χ3v) is 4.26. The van der Waals surface area contributed by atoms with Crippen LogP contribution in [0.4, 0.5) is 0 Å². The van der Waals surface area contributed by atoms with E-state index in [1.807, 2.05) is 11.5 Å². The molecule has 0 radical (unpaired) electrons. The molecular formula is C13H14Cl2N2O2. The van der Waals surface area contributed by atoms with Gasteiger partial charge in [-0.15, -0.1) is 0 Å². The Hall–Kier alpha value is -0.810. The van der Waals surface area contributed by atoms with E-state index in [0.29, 0.717) is 16.5 Å². The molecule has 0 aliphatic carbocycles. The van der Waals surface area contributed by atoms with E-state index in [9.17, 15) is 5.11 Å². The van der Waals surface area contributed by atoms with E-state index in [0.717, 1.165) is 17.5 Å². The van der Waals surface area contributed by atoms with Crippen molar-refractivity contribution >= 4 is 34.2 Å². The first kappa shape index (κ1) is 13.2. The average molecular weight is 301 g/mol. The number of rotatable bonds is 2. The third-order valence-electron chi connectivity index (χ3n) is 3.53. The summed E-state index contributed by atoms with van der Waals surface area (Å²) < 4.78 is 7.74. The predicted molar refractivity (Wildman–Crippen MR) is 74.6 cm³/mol. The number of aromatic nitrogens is 2. The summed E-state index contributed by atoms with van der Waals surface area (Å²) in [5.41, 5.74) is 1.63. The van der Waals surface area contributed by atoms with Crippen molar-refractivity contribution in [1.82, 2.24) is 9.55 Å². The average Bonchev–Trinajstić information content (AvgIpc) is 2.93. The molecule has 3 atom stereocenters. The van der Waals surface area contributed by atoms with Crippen molar-refractivity contribution in [2.24, 2.45) is 0 Å². The van der Waals surface area contributed by atoms with E-state index in [4.69, 9.17) is 27.9 Å². The van der Waals surface area contributed by atoms with Gasteiger partial charge in [-0.25, -0.2) is 4.98 Å². The van der Waals surface area contributed by atoms with Crippen molar-refractivity contribution in [1.29, 1.82) is 0 Å². The molecule has 2 heterocycles. The highest BCUT2D eigenvalue weighted by Gasteiger charge is 2.34. The number of fused-ring (bicyclic) bond motifs is 1. The van der Waals surface area contributed by atoms with Crippen LogP contribution in [0.2, 0.25) is 10.0 Å². The zero-order valence-electron chi connectivity index (χ0n) is 10.4. The lowest BCUT2D eigenvalue weighted by molar-refractivity contribution is -0.0181. The minimum Gasteiger partial charge on any atom is -0.390 e. The van der Waals surface area contributed by atoms with Crippen molar-refractivity contribution in [2.75, 3.05) is 0 Å². The Bertz CT molecular complexity index is 614. The van der Waals surface area contributed by atoms with Gasteiger partial charge >= 0.3 is 0 Å². The first-order valence-electron chi connectivity index (χ1n) is 6.25. The minimum absolute atomic E-state index is 0.120. The van der Waals surface area contributed by atoms with Gasteiger partial charge in [0.25, 0.3) is 0 Å². The lowest BCUT2D eigenvalue weighted by Gasteiger charge is -2.14. The van der Waals surface area contributed by atoms with Gasteiger partial charge in [-0.05, 0) is 18.6 Å². The van der Waals surface area contributed by atoms with Crippen LogP contribution >= 0.6 is 23.2 Å². The van der Waals surface area contributed by atoms with Gasteiger partial charge in [-0.2, -0.15) is 0 Å². The molecule has 4 nitrogen and oxygen atoms in total. The van der Waals surface area contributed by atoms with Gasteiger partial charge in [-0.3, -0.25) is 0 Å². The molecule has 0 unspecified atom stereocenters. The summed E-state index contributed by atoms with van der Waals surface area (Å²) in [5.74, 6) is 0. The first-order chi connectivity index (χ1) is 9.10. The lowest BCUT2D eigenvalue weighted by atomic mass is 10.1. The van der Waals surface area contributed by atoms with Crippen LogP contribution in [0.5, 0.6) is 0 Å². The van der Waals surface area contributed by atoms with E-state index >= 15 is 0 Å². The number of imidazole rings is 1. The van der Waals surface area contributed by atoms with Crippen LogP contribution in [0.15, 0.2) is 18.5 Å². The smallest absolute Gasteiger partial charge is 0.138 e. The van der Waals surface area contributed by atoms with Gasteiger partial charge in [-0.1, -0.05) is 30.1 Å². The van der Waals surface area contributed by atoms with Crippen molar-refractivity contribution in [3.8, 4) is 0 Å². The van der Waals surface area contributed by atoms with E-state index in [1.54, 1.807) is 18.5 Å². The monoisotopic (exact) mass is 300 g/mol. The summed E-state index contributed by atoms with van der Waals surface area (Å²) in [6.45, 7) is 2.00. The summed E-state index contributed by atoms with van der Waals surface area (Å²) in [4.78, 5) is 4.30. The van der Waals surface area contributed by atoms with Gasteiger partial charge in [0.15, 0.2) is 0 Å². The summed E-state index contributed by atoms with van der Waals surface area (Å²) in [6.07, 6.45) is 2.29. The van der Waals surface area contributed by atoms with Crippen molar-refractivity contribution < 1.29 is 9.84 Å². The molecule has 1 aliphatic rings. The molecule has 1 fully saturated rings. The van der Waals surface area contributed by atoms with Crippen LogP contribution in [0.25, 0.3) is 11.0 Å². The number of hydrogen-bond donors (Lipinski definition) is 1. The van der Waals surface area contributed by atoms with Crippen LogP contribution in [-0.4, -0.2) is 26.9 Å². The number of ether oxygens (including phenoxy) is 1. The van der Waals surface area contributed by atoms with E-state index in [-0.39, 0.29) is 12.3 Å². The summed E-state index contributed by atoms with van der Waals surface area (Å²) in [7, 11) is 0. The topological polar surface area (TPSA) is 47.3 Å². The Morgan fingerprint density at radius 1 is 1.42 bits per heavy atom. The van der Waals surface area contributed by atoms with E-state index in [1.165, 1.54) is 0 Å². The molecule has 0 spiro atoms. The number of aliphatic hydroxyl groups is 1. The minimum atomic E-state index is -0.435. The first-order valence-corrected chi connectivity index (χ1v) is 7.01. The molecule has 0 bridgehead atoms. The maximum absolute atomic E-state index is 9.92. The highest BCUT2D eigenvalue weighted by atomic mass is 35.5. The van der Waals surface area contributed by atoms with Gasteiger partial charge in [0.1, 0.15) is 6.23 Å². The molecule has 1 aromatic heterocycles.